The van der Waals surface area contributed by atoms with Gasteiger partial charge in [0.25, 0.3) is 0 Å². The molecule has 2 atom stereocenters. The predicted molar refractivity (Wildman–Crippen MR) is 82.8 cm³/mol. The van der Waals surface area contributed by atoms with Crippen LogP contribution in [0.4, 0.5) is 5.69 Å². The van der Waals surface area contributed by atoms with Crippen molar-refractivity contribution in [2.75, 3.05) is 4.90 Å². The molecule has 1 amide bonds. The molecule has 0 unspecified atom stereocenters. The summed E-state index contributed by atoms with van der Waals surface area (Å²) in [6, 6.07) is 8.10. The predicted octanol–water partition coefficient (Wildman–Crippen LogP) is 2.23. The summed E-state index contributed by atoms with van der Waals surface area (Å²) < 4.78 is 1.78. The van der Waals surface area contributed by atoms with Gasteiger partial charge in [0.2, 0.25) is 5.91 Å². The minimum absolute atomic E-state index is 0.0470. The Morgan fingerprint density at radius 1 is 1.38 bits per heavy atom. The lowest BCUT2D eigenvalue weighted by Gasteiger charge is -2.37. The smallest absolute Gasteiger partial charge is 0.224 e. The maximum absolute atomic E-state index is 11.9. The molecule has 1 aliphatic heterocycles. The molecule has 21 heavy (non-hydrogen) atoms. The molecule has 0 saturated heterocycles. The molecule has 1 aromatic carbocycles. The van der Waals surface area contributed by atoms with E-state index >= 15 is 0 Å². The molecule has 3 rings (SSSR count). The van der Waals surface area contributed by atoms with Gasteiger partial charge in [-0.15, -0.1) is 0 Å². The van der Waals surface area contributed by atoms with E-state index in [1.807, 2.05) is 43.3 Å². The van der Waals surface area contributed by atoms with Gasteiger partial charge in [-0.25, -0.2) is 0 Å². The molecule has 1 aromatic heterocycles. The number of hydrogen-bond donors (Lipinski definition) is 1. The number of benzene rings is 1. The van der Waals surface area contributed by atoms with Crippen LogP contribution < -0.4 is 10.6 Å². The highest BCUT2D eigenvalue weighted by molar-refractivity contribution is 5.94. The van der Waals surface area contributed by atoms with E-state index in [4.69, 9.17) is 5.73 Å². The first kappa shape index (κ1) is 13.8. The molecule has 2 N–H and O–H groups in total. The van der Waals surface area contributed by atoms with Crippen LogP contribution in [0.2, 0.25) is 0 Å². The Hall–Kier alpha value is -2.14. The second-order valence-corrected chi connectivity index (χ2v) is 5.73. The Morgan fingerprint density at radius 2 is 2.14 bits per heavy atom. The van der Waals surface area contributed by atoms with Gasteiger partial charge in [-0.3, -0.25) is 9.48 Å². The number of carbonyl (C=O) groups excluding carboxylic acids is 1. The molecule has 110 valence electrons. The third-order valence-corrected chi connectivity index (χ3v) is 4.07. The highest BCUT2D eigenvalue weighted by atomic mass is 16.2. The fourth-order valence-corrected chi connectivity index (χ4v) is 3.12. The molecular weight excluding hydrogens is 264 g/mol. The Labute approximate surface area is 124 Å². The monoisotopic (exact) mass is 284 g/mol. The molecule has 5 heteroatoms. The second kappa shape index (κ2) is 5.00. The zero-order valence-electron chi connectivity index (χ0n) is 12.6. The van der Waals surface area contributed by atoms with Crippen molar-refractivity contribution in [3.63, 3.8) is 0 Å². The Bertz CT molecular complexity index is 691. The van der Waals surface area contributed by atoms with E-state index in [0.717, 1.165) is 28.9 Å². The summed E-state index contributed by atoms with van der Waals surface area (Å²) in [6.07, 6.45) is 2.69. The number of fused-ring (bicyclic) bond motifs is 1. The van der Waals surface area contributed by atoms with Crippen LogP contribution >= 0.6 is 0 Å². The van der Waals surface area contributed by atoms with E-state index in [1.165, 1.54) is 0 Å². The van der Waals surface area contributed by atoms with Gasteiger partial charge in [0, 0.05) is 43.5 Å². The van der Waals surface area contributed by atoms with E-state index in [9.17, 15) is 4.79 Å². The molecule has 0 saturated carbocycles. The van der Waals surface area contributed by atoms with Crippen molar-refractivity contribution in [1.29, 1.82) is 0 Å². The molecule has 0 radical (unpaired) electrons. The van der Waals surface area contributed by atoms with Gasteiger partial charge >= 0.3 is 0 Å². The lowest BCUT2D eigenvalue weighted by Crippen LogP contribution is -2.43. The van der Waals surface area contributed by atoms with Crippen LogP contribution in [0.15, 0.2) is 30.5 Å². The lowest BCUT2D eigenvalue weighted by atomic mass is 9.90. The van der Waals surface area contributed by atoms with Crippen LogP contribution in [0.5, 0.6) is 0 Å². The largest absolute Gasteiger partial charge is 0.324 e. The van der Waals surface area contributed by atoms with Crippen molar-refractivity contribution in [2.24, 2.45) is 12.8 Å². The second-order valence-electron chi connectivity index (χ2n) is 5.73. The zero-order valence-corrected chi connectivity index (χ0v) is 12.6. The summed E-state index contributed by atoms with van der Waals surface area (Å²) in [4.78, 5) is 13.7. The number of aryl methyl sites for hydroxylation is 1. The van der Waals surface area contributed by atoms with Gasteiger partial charge in [0.05, 0.1) is 5.69 Å². The highest BCUT2D eigenvalue weighted by Crippen LogP contribution is 2.38. The van der Waals surface area contributed by atoms with Crippen molar-refractivity contribution in [3.05, 3.63) is 36.0 Å². The first-order chi connectivity index (χ1) is 9.97. The quantitative estimate of drug-likeness (QED) is 0.873. The standard InChI is InChI=1S/C16H20N4O/c1-10-8-14(17)13-9-12(15-6-7-19(3)18-15)4-5-16(13)20(10)11(2)21/h4-7,9-10,14H,8,17H2,1-3H3/t10-,14+/m0/s1. The maximum Gasteiger partial charge on any atom is 0.224 e. The van der Waals surface area contributed by atoms with E-state index in [2.05, 4.69) is 11.2 Å². The molecular formula is C16H20N4O. The topological polar surface area (TPSA) is 64.2 Å². The zero-order chi connectivity index (χ0) is 15.1. The number of aromatic nitrogens is 2. The minimum atomic E-state index is -0.0470. The number of nitrogens with zero attached hydrogens (tertiary/aromatic N) is 3. The summed E-state index contributed by atoms with van der Waals surface area (Å²) in [6.45, 7) is 3.64. The molecule has 0 fully saturated rings. The van der Waals surface area contributed by atoms with Crippen molar-refractivity contribution in [3.8, 4) is 11.3 Å². The summed E-state index contributed by atoms with van der Waals surface area (Å²) in [5, 5.41) is 4.42. The normalized spacial score (nSPS) is 21.2. The van der Waals surface area contributed by atoms with Crippen LogP contribution in [0.3, 0.4) is 0 Å². The van der Waals surface area contributed by atoms with Gasteiger partial charge < -0.3 is 10.6 Å². The summed E-state index contributed by atoms with van der Waals surface area (Å²) in [7, 11) is 1.90. The number of rotatable bonds is 1. The van der Waals surface area contributed by atoms with E-state index < -0.39 is 0 Å². The average Bonchev–Trinajstić information content (AvgIpc) is 2.84. The summed E-state index contributed by atoms with van der Waals surface area (Å²) in [5.74, 6) is 0.0567. The number of hydrogen-bond acceptors (Lipinski definition) is 3. The number of nitrogens with two attached hydrogens (primary N) is 1. The van der Waals surface area contributed by atoms with Gasteiger partial charge in [0.1, 0.15) is 0 Å². The average molecular weight is 284 g/mol. The van der Waals surface area contributed by atoms with Crippen molar-refractivity contribution < 1.29 is 4.79 Å². The first-order valence-electron chi connectivity index (χ1n) is 7.16. The van der Waals surface area contributed by atoms with Gasteiger partial charge in [-0.2, -0.15) is 5.10 Å². The molecule has 1 aliphatic rings. The Balaban J connectivity index is 2.09. The van der Waals surface area contributed by atoms with Gasteiger partial charge in [-0.1, -0.05) is 6.07 Å². The van der Waals surface area contributed by atoms with Gasteiger partial charge in [-0.05, 0) is 37.1 Å². The molecule has 2 aromatic rings. The molecule has 0 bridgehead atoms. The number of carbonyl (C=O) groups is 1. The first-order valence-corrected chi connectivity index (χ1v) is 7.16. The molecule has 0 aliphatic carbocycles. The Morgan fingerprint density at radius 3 is 2.76 bits per heavy atom. The minimum Gasteiger partial charge on any atom is -0.324 e. The Kier molecular flexibility index (Phi) is 3.29. The van der Waals surface area contributed by atoms with E-state index in [0.29, 0.717) is 0 Å². The van der Waals surface area contributed by atoms with Crippen LogP contribution in [0, 0.1) is 0 Å². The summed E-state index contributed by atoms with van der Waals surface area (Å²) in [5.41, 5.74) is 10.2. The third kappa shape index (κ3) is 2.34. The van der Waals surface area contributed by atoms with Gasteiger partial charge in [0.15, 0.2) is 0 Å². The van der Waals surface area contributed by atoms with Crippen LogP contribution in [-0.4, -0.2) is 21.7 Å². The SMILES string of the molecule is CC(=O)N1c2ccc(-c3ccn(C)n3)cc2[C@H](N)C[C@@H]1C. The van der Waals surface area contributed by atoms with Crippen LogP contribution in [0.25, 0.3) is 11.3 Å². The van der Waals surface area contributed by atoms with Crippen LogP contribution in [0.1, 0.15) is 31.9 Å². The maximum atomic E-state index is 11.9. The lowest BCUT2D eigenvalue weighted by molar-refractivity contribution is -0.117. The van der Waals surface area contributed by atoms with Crippen molar-refractivity contribution in [1.82, 2.24) is 9.78 Å². The number of anilines is 1. The van der Waals surface area contributed by atoms with Crippen LogP contribution in [-0.2, 0) is 11.8 Å². The van der Waals surface area contributed by atoms with E-state index in [-0.39, 0.29) is 18.0 Å². The molecule has 0 spiro atoms. The molecule has 2 heterocycles. The fraction of sp³-hybridized carbons (Fsp3) is 0.375. The van der Waals surface area contributed by atoms with Crippen molar-refractivity contribution >= 4 is 11.6 Å². The summed E-state index contributed by atoms with van der Waals surface area (Å²) >= 11 is 0. The molecule has 5 nitrogen and oxygen atoms in total. The highest BCUT2D eigenvalue weighted by Gasteiger charge is 2.30. The fourth-order valence-electron chi connectivity index (χ4n) is 3.12. The van der Waals surface area contributed by atoms with E-state index in [1.54, 1.807) is 11.6 Å². The number of amides is 1. The third-order valence-electron chi connectivity index (χ3n) is 4.07. The van der Waals surface area contributed by atoms with Crippen molar-refractivity contribution in [2.45, 2.75) is 32.4 Å².